The Morgan fingerprint density at radius 2 is 1.62 bits per heavy atom. The maximum Gasteiger partial charge on any atom is 0.311 e. The number of nitrogens with zero attached hydrogens (tertiary/aromatic N) is 2. The molecule has 0 fully saturated rings. The van der Waals surface area contributed by atoms with Crippen molar-refractivity contribution in [1.82, 2.24) is 9.59 Å². The summed E-state index contributed by atoms with van der Waals surface area (Å²) in [6.45, 7) is 0. The predicted molar refractivity (Wildman–Crippen MR) is 92.7 cm³/mol. The molecule has 0 amide bonds. The van der Waals surface area contributed by atoms with Gasteiger partial charge in [0.1, 0.15) is 16.2 Å². The van der Waals surface area contributed by atoms with Crippen LogP contribution in [0.3, 0.4) is 0 Å². The first kappa shape index (κ1) is 19.0. The molecule has 3 nitrogen and oxygen atoms in total. The molecule has 0 aliphatic carbocycles. The second kappa shape index (κ2) is 5.61. The molecule has 0 saturated heterocycles. The molecule has 2 aromatic carbocycles. The topological polar surface area (TPSA) is 42.9 Å². The fraction of sp³-hybridized carbons (Fsp3) is 0.133. The third-order valence-corrected chi connectivity index (χ3v) is 5.82. The summed E-state index contributed by atoms with van der Waals surface area (Å²) in [6, 6.07) is 7.15. The van der Waals surface area contributed by atoms with Gasteiger partial charge < -0.3 is 0 Å². The first-order valence-corrected chi connectivity index (χ1v) is 10.2. The van der Waals surface area contributed by atoms with Crippen LogP contribution in [-0.2, 0) is 17.6 Å². The first-order valence-electron chi connectivity index (χ1n) is 7.07. The van der Waals surface area contributed by atoms with Crippen molar-refractivity contribution in [2.45, 2.75) is 17.7 Å². The Morgan fingerprint density at radius 3 is 2.27 bits per heavy atom. The lowest BCUT2D eigenvalue weighted by molar-refractivity contribution is -0.117. The third-order valence-electron chi connectivity index (χ3n) is 3.53. The molecule has 0 unspecified atom stereocenters. The Balaban J connectivity index is 1.81. The first-order chi connectivity index (χ1) is 11.8. The Hall–Kier alpha value is -1.78. The number of Topliss-reactive ketones (excluding diaryl/α,β-unsaturated/α-hetero) is 1. The van der Waals surface area contributed by atoms with Crippen molar-refractivity contribution in [3.05, 3.63) is 52.5 Å². The van der Waals surface area contributed by atoms with E-state index in [1.165, 1.54) is 0 Å². The van der Waals surface area contributed by atoms with E-state index < -0.39 is 32.3 Å². The summed E-state index contributed by atoms with van der Waals surface area (Å²) in [5.74, 6) is -0.419. The summed E-state index contributed by atoms with van der Waals surface area (Å²) in [5, 5.41) is 2.76. The second-order valence-electron chi connectivity index (χ2n) is 5.70. The predicted octanol–water partition coefficient (Wildman–Crippen LogP) is 6.36. The Morgan fingerprint density at radius 1 is 1.00 bits per heavy atom. The molecule has 26 heavy (non-hydrogen) atoms. The van der Waals surface area contributed by atoms with Gasteiger partial charge in [-0.2, -0.15) is 0 Å². The molecule has 0 atom stereocenters. The Kier molecular flexibility index (Phi) is 4.10. The Labute approximate surface area is 153 Å². The van der Waals surface area contributed by atoms with Gasteiger partial charge in [0.05, 0.1) is 9.72 Å². The van der Waals surface area contributed by atoms with Crippen LogP contribution < -0.4 is 0 Å². The highest BCUT2D eigenvalue weighted by Gasteiger charge is 2.66. The number of hydrogen-bond donors (Lipinski definition) is 0. The molecule has 0 spiro atoms. The molecule has 3 aromatic rings. The normalized spacial score (nSPS) is 14.8. The number of ketones is 1. The summed E-state index contributed by atoms with van der Waals surface area (Å²) in [5.41, 5.74) is 1.13. The van der Waals surface area contributed by atoms with E-state index >= 15 is 0 Å². The van der Waals surface area contributed by atoms with Gasteiger partial charge in [0.15, 0.2) is 0 Å². The van der Waals surface area contributed by atoms with Crippen LogP contribution >= 0.6 is 33.4 Å². The zero-order valence-corrected chi connectivity index (χ0v) is 15.2. The lowest BCUT2D eigenvalue weighted by Crippen LogP contribution is -2.10. The third kappa shape index (κ3) is 4.30. The van der Waals surface area contributed by atoms with E-state index in [-0.39, 0.29) is 18.1 Å². The molecule has 0 saturated carbocycles. The quantitative estimate of drug-likeness (QED) is 0.444. The Bertz CT molecular complexity index is 1020. The summed E-state index contributed by atoms with van der Waals surface area (Å²) in [7, 11) is -9.93. The monoisotopic (exact) mass is 428 g/mol. The number of carbonyl (C=O) groups excluding carboxylic acids is 1. The van der Waals surface area contributed by atoms with Crippen molar-refractivity contribution in [3.63, 3.8) is 0 Å². The number of carbonyl (C=O) groups is 1. The largest absolute Gasteiger partial charge is 0.311 e. The molecule has 0 bridgehead atoms. The van der Waals surface area contributed by atoms with Crippen LogP contribution in [-0.4, -0.2) is 15.4 Å². The van der Waals surface area contributed by atoms with Crippen LogP contribution in [0, 0.1) is 0 Å². The van der Waals surface area contributed by atoms with Gasteiger partial charge in [-0.1, -0.05) is 47.7 Å². The minimum atomic E-state index is -9.93. The van der Waals surface area contributed by atoms with Crippen molar-refractivity contribution < 1.29 is 24.2 Å². The summed E-state index contributed by atoms with van der Waals surface area (Å²) >= 11 is 6.45. The molecule has 140 valence electrons. The maximum absolute atomic E-state index is 13.0. The average Bonchev–Trinajstić information content (AvgIpc) is 2.94. The summed E-state index contributed by atoms with van der Waals surface area (Å²) < 4.78 is 69.6. The van der Waals surface area contributed by atoms with Gasteiger partial charge in [0, 0.05) is 12.8 Å². The van der Waals surface area contributed by atoms with Crippen molar-refractivity contribution in [3.8, 4) is 0 Å². The van der Waals surface area contributed by atoms with E-state index in [0.717, 1.165) is 28.4 Å². The van der Waals surface area contributed by atoms with Crippen LogP contribution in [0.15, 0.2) is 41.3 Å². The molecule has 1 aromatic heterocycles. The van der Waals surface area contributed by atoms with Crippen LogP contribution in [0.5, 0.6) is 0 Å². The van der Waals surface area contributed by atoms with Crippen LogP contribution in [0.4, 0.5) is 19.4 Å². The van der Waals surface area contributed by atoms with Crippen molar-refractivity contribution in [1.29, 1.82) is 0 Å². The zero-order chi connectivity index (χ0) is 19.2. The van der Waals surface area contributed by atoms with E-state index in [1.54, 1.807) is 18.2 Å². The molecule has 1 heterocycles. The summed E-state index contributed by atoms with van der Waals surface area (Å²) in [4.78, 5) is 9.97. The van der Waals surface area contributed by atoms with Gasteiger partial charge in [-0.05, 0) is 46.9 Å². The highest BCUT2D eigenvalue weighted by Crippen LogP contribution is 3.02. The molecule has 0 radical (unpaired) electrons. The number of fused-ring (bicyclic) bond motifs is 1. The number of halogens is 6. The molecule has 0 aliphatic rings. The van der Waals surface area contributed by atoms with Gasteiger partial charge in [-0.25, -0.2) is 0 Å². The highest BCUT2D eigenvalue weighted by atomic mass is 35.5. The van der Waals surface area contributed by atoms with Gasteiger partial charge in [-0.3, -0.25) is 4.79 Å². The molecular formula is C15H10ClF5N2OS2. The number of benzene rings is 2. The standard InChI is InChI=1S/C15H10ClF5N2OS2/c16-12-3-1-10(8-15(12)26(17,18,19,20)21)6-11(24)5-9-2-4-13-14(7-9)25-23-22-13/h1-4,7-8H,5-6H2. The molecule has 0 N–H and O–H groups in total. The minimum Gasteiger partial charge on any atom is -0.299 e. The number of rotatable bonds is 5. The van der Waals surface area contributed by atoms with Gasteiger partial charge in [0.2, 0.25) is 0 Å². The van der Waals surface area contributed by atoms with E-state index in [9.17, 15) is 24.2 Å². The molecule has 0 aliphatic heterocycles. The van der Waals surface area contributed by atoms with E-state index in [2.05, 4.69) is 9.59 Å². The molecule has 3 rings (SSSR count). The second-order valence-corrected chi connectivity index (χ2v) is 9.27. The van der Waals surface area contributed by atoms with Crippen LogP contribution in [0.25, 0.3) is 10.2 Å². The average molecular weight is 429 g/mol. The van der Waals surface area contributed by atoms with Crippen LogP contribution in [0.2, 0.25) is 5.02 Å². The molecular weight excluding hydrogens is 419 g/mol. The molecule has 11 heteroatoms. The van der Waals surface area contributed by atoms with Gasteiger partial charge >= 0.3 is 10.2 Å². The minimum absolute atomic E-state index is 0.0534. The lowest BCUT2D eigenvalue weighted by atomic mass is 10.0. The maximum atomic E-state index is 13.0. The van der Waals surface area contributed by atoms with Crippen LogP contribution in [0.1, 0.15) is 11.1 Å². The van der Waals surface area contributed by atoms with E-state index in [1.807, 2.05) is 0 Å². The highest BCUT2D eigenvalue weighted by molar-refractivity contribution is 8.45. The number of hydrogen-bond acceptors (Lipinski definition) is 4. The fourth-order valence-electron chi connectivity index (χ4n) is 2.40. The number of aromatic nitrogens is 2. The fourth-order valence-corrected chi connectivity index (χ4v) is 4.39. The zero-order valence-electron chi connectivity index (χ0n) is 12.8. The SMILES string of the molecule is O=C(Cc1ccc(Cl)c(S(F)(F)(F)(F)F)c1)Cc1ccc2nnsc2c1. The summed E-state index contributed by atoms with van der Waals surface area (Å²) in [6.07, 6.45) is -0.473. The van der Waals surface area contributed by atoms with E-state index in [4.69, 9.17) is 11.6 Å². The lowest BCUT2D eigenvalue weighted by Gasteiger charge is -2.41. The smallest absolute Gasteiger partial charge is 0.299 e. The van der Waals surface area contributed by atoms with Crippen molar-refractivity contribution in [2.24, 2.45) is 0 Å². The van der Waals surface area contributed by atoms with Crippen molar-refractivity contribution >= 4 is 49.4 Å². The van der Waals surface area contributed by atoms with Gasteiger partial charge in [-0.15, -0.1) is 5.10 Å². The van der Waals surface area contributed by atoms with E-state index in [0.29, 0.717) is 11.1 Å². The van der Waals surface area contributed by atoms with Crippen molar-refractivity contribution in [2.75, 3.05) is 0 Å². The van der Waals surface area contributed by atoms with Gasteiger partial charge in [0.25, 0.3) is 0 Å².